The maximum absolute atomic E-state index is 14.5. The van der Waals surface area contributed by atoms with Gasteiger partial charge in [-0.2, -0.15) is 0 Å². The van der Waals surface area contributed by atoms with Crippen LogP contribution in [0.15, 0.2) is 83.8 Å². The molecule has 2 amide bonds. The second-order valence-corrected chi connectivity index (χ2v) is 9.82. The number of benzene rings is 2. The van der Waals surface area contributed by atoms with Gasteiger partial charge in [-0.1, -0.05) is 29.8 Å². The van der Waals surface area contributed by atoms with Gasteiger partial charge < -0.3 is 10.6 Å². The molecule has 9 heteroatoms. The van der Waals surface area contributed by atoms with Gasteiger partial charge in [0.05, 0.1) is 21.3 Å². The van der Waals surface area contributed by atoms with Crippen molar-refractivity contribution in [1.29, 1.82) is 0 Å². The molecule has 2 heterocycles. The van der Waals surface area contributed by atoms with Crippen molar-refractivity contribution in [2.45, 2.75) is 18.5 Å². The molecule has 35 heavy (non-hydrogen) atoms. The van der Waals surface area contributed by atoms with Crippen LogP contribution < -0.4 is 16.2 Å². The molecule has 2 aromatic carbocycles. The van der Waals surface area contributed by atoms with Crippen LogP contribution in [0.1, 0.15) is 37.2 Å². The summed E-state index contributed by atoms with van der Waals surface area (Å²) in [4.78, 5) is 38.4. The number of fused-ring (bicyclic) bond motifs is 1. The van der Waals surface area contributed by atoms with Crippen LogP contribution in [0.5, 0.6) is 0 Å². The summed E-state index contributed by atoms with van der Waals surface area (Å²) in [5.41, 5.74) is 1.91. The van der Waals surface area contributed by atoms with Crippen molar-refractivity contribution >= 4 is 34.8 Å². The Morgan fingerprint density at radius 1 is 0.943 bits per heavy atom. The van der Waals surface area contributed by atoms with Gasteiger partial charge in [-0.25, -0.2) is 4.39 Å². The summed E-state index contributed by atoms with van der Waals surface area (Å²) in [6, 6.07) is 18.3. The molecular formula is C26H19ClFN3O3S. The van der Waals surface area contributed by atoms with E-state index in [2.05, 4.69) is 10.6 Å². The monoisotopic (exact) mass is 507 g/mol. The van der Waals surface area contributed by atoms with Crippen LogP contribution in [0.2, 0.25) is 4.34 Å². The van der Waals surface area contributed by atoms with Crippen molar-refractivity contribution < 1.29 is 14.0 Å². The number of hydrogen-bond donors (Lipinski definition) is 2. The molecule has 6 nitrogen and oxygen atoms in total. The standard InChI is InChI=1S/C26H19ClFN3O3S/c27-22-12-11-21(35-22)26(34)29-20-14-18-17(4-3-5-19(18)28)24(20)30-25(33)15-7-9-16(10-8-15)31-13-2-1-6-23(31)32/h1-13,20,24H,14H2,(H,29,34)(H,30,33)/t20-,24+/m1/s1. The number of halogens is 2. The van der Waals surface area contributed by atoms with E-state index in [1.165, 1.54) is 16.7 Å². The predicted molar refractivity (Wildman–Crippen MR) is 133 cm³/mol. The maximum atomic E-state index is 14.5. The first kappa shape index (κ1) is 23.0. The number of pyridine rings is 1. The SMILES string of the molecule is O=C(N[C@H]1c2cccc(F)c2C[C@H]1NC(=O)c1ccc(Cl)s1)c1ccc(-n2ccccc2=O)cc1. The highest BCUT2D eigenvalue weighted by Crippen LogP contribution is 2.34. The summed E-state index contributed by atoms with van der Waals surface area (Å²) >= 11 is 7.10. The number of rotatable bonds is 5. The smallest absolute Gasteiger partial charge is 0.261 e. The van der Waals surface area contributed by atoms with Gasteiger partial charge >= 0.3 is 0 Å². The van der Waals surface area contributed by atoms with Crippen LogP contribution in [0.3, 0.4) is 0 Å². The molecule has 2 atom stereocenters. The van der Waals surface area contributed by atoms with E-state index >= 15 is 0 Å². The molecule has 2 N–H and O–H groups in total. The summed E-state index contributed by atoms with van der Waals surface area (Å²) in [5, 5.41) is 5.87. The molecular weight excluding hydrogens is 489 g/mol. The lowest BCUT2D eigenvalue weighted by molar-refractivity contribution is 0.0890. The molecule has 0 saturated heterocycles. The minimum Gasteiger partial charge on any atom is -0.346 e. The second kappa shape index (κ2) is 9.48. The Bertz CT molecular complexity index is 1480. The number of carbonyl (C=O) groups is 2. The largest absolute Gasteiger partial charge is 0.346 e. The number of hydrogen-bond acceptors (Lipinski definition) is 4. The number of nitrogens with one attached hydrogen (secondary N) is 2. The maximum Gasteiger partial charge on any atom is 0.261 e. The third-order valence-electron chi connectivity index (χ3n) is 5.95. The normalized spacial score (nSPS) is 16.5. The van der Waals surface area contributed by atoms with E-state index in [4.69, 9.17) is 11.6 Å². The fourth-order valence-electron chi connectivity index (χ4n) is 4.26. The average Bonchev–Trinajstić information content (AvgIpc) is 3.44. The lowest BCUT2D eigenvalue weighted by atomic mass is 10.1. The first-order valence-corrected chi connectivity index (χ1v) is 12.0. The van der Waals surface area contributed by atoms with Crippen molar-refractivity contribution in [3.05, 3.63) is 121 Å². The summed E-state index contributed by atoms with van der Waals surface area (Å²) < 4.78 is 16.5. The van der Waals surface area contributed by atoms with E-state index in [1.54, 1.807) is 66.9 Å². The summed E-state index contributed by atoms with van der Waals surface area (Å²) in [6.45, 7) is 0. The van der Waals surface area contributed by atoms with E-state index < -0.39 is 12.1 Å². The second-order valence-electron chi connectivity index (χ2n) is 8.10. The van der Waals surface area contributed by atoms with Gasteiger partial charge in [-0.3, -0.25) is 19.0 Å². The van der Waals surface area contributed by atoms with Crippen LogP contribution in [0, 0.1) is 5.82 Å². The fraction of sp³-hybridized carbons (Fsp3) is 0.115. The molecule has 0 radical (unpaired) electrons. The number of aromatic nitrogens is 1. The quantitative estimate of drug-likeness (QED) is 0.417. The molecule has 5 rings (SSSR count). The van der Waals surface area contributed by atoms with Crippen LogP contribution in [-0.4, -0.2) is 22.4 Å². The molecule has 0 bridgehead atoms. The van der Waals surface area contributed by atoms with Crippen LogP contribution in [-0.2, 0) is 6.42 Å². The third kappa shape index (κ3) is 4.62. The van der Waals surface area contributed by atoms with Crippen LogP contribution >= 0.6 is 22.9 Å². The first-order valence-electron chi connectivity index (χ1n) is 10.8. The van der Waals surface area contributed by atoms with Crippen molar-refractivity contribution in [3.63, 3.8) is 0 Å². The van der Waals surface area contributed by atoms with Gasteiger partial charge in [0.1, 0.15) is 5.82 Å². The topological polar surface area (TPSA) is 80.2 Å². The lowest BCUT2D eigenvalue weighted by Gasteiger charge is -2.23. The highest BCUT2D eigenvalue weighted by molar-refractivity contribution is 7.18. The Morgan fingerprint density at radius 3 is 2.46 bits per heavy atom. The van der Waals surface area contributed by atoms with Crippen LogP contribution in [0.25, 0.3) is 5.69 Å². The van der Waals surface area contributed by atoms with E-state index in [0.717, 1.165) is 11.3 Å². The van der Waals surface area contributed by atoms with Crippen molar-refractivity contribution in [3.8, 4) is 5.69 Å². The summed E-state index contributed by atoms with van der Waals surface area (Å²) in [7, 11) is 0. The lowest BCUT2D eigenvalue weighted by Crippen LogP contribution is -2.44. The van der Waals surface area contributed by atoms with Gasteiger partial charge in [0, 0.05) is 23.5 Å². The van der Waals surface area contributed by atoms with Crippen molar-refractivity contribution in [2.75, 3.05) is 0 Å². The molecule has 176 valence electrons. The van der Waals surface area contributed by atoms with Gasteiger partial charge in [-0.15, -0.1) is 11.3 Å². The van der Waals surface area contributed by atoms with Gasteiger partial charge in [0.25, 0.3) is 17.4 Å². The number of carbonyl (C=O) groups excluding carboxylic acids is 2. The van der Waals surface area contributed by atoms with E-state index in [1.807, 2.05) is 0 Å². The molecule has 0 fully saturated rings. The minimum atomic E-state index is -0.621. The van der Waals surface area contributed by atoms with Crippen molar-refractivity contribution in [2.24, 2.45) is 0 Å². The number of thiophene rings is 1. The Labute approximate surface area is 209 Å². The average molecular weight is 508 g/mol. The van der Waals surface area contributed by atoms with Gasteiger partial charge in [0.2, 0.25) is 0 Å². The summed E-state index contributed by atoms with van der Waals surface area (Å²) in [6.07, 6.45) is 1.89. The third-order valence-corrected chi connectivity index (χ3v) is 7.18. The fourth-order valence-corrected chi connectivity index (χ4v) is 5.21. The van der Waals surface area contributed by atoms with E-state index in [-0.39, 0.29) is 29.6 Å². The number of nitrogens with zero attached hydrogens (tertiary/aromatic N) is 1. The molecule has 4 aromatic rings. The molecule has 0 aliphatic heterocycles. The predicted octanol–water partition coefficient (Wildman–Crippen LogP) is 4.52. The Balaban J connectivity index is 1.38. The molecule has 0 spiro atoms. The molecule has 0 saturated carbocycles. The zero-order valence-corrected chi connectivity index (χ0v) is 19.8. The molecule has 2 aromatic heterocycles. The zero-order chi connectivity index (χ0) is 24.5. The Hall–Kier alpha value is -3.75. The summed E-state index contributed by atoms with van der Waals surface area (Å²) in [5.74, 6) is -1.09. The van der Waals surface area contributed by atoms with Gasteiger partial charge in [0.15, 0.2) is 0 Å². The highest BCUT2D eigenvalue weighted by atomic mass is 35.5. The molecule has 0 unspecified atom stereocenters. The van der Waals surface area contributed by atoms with Crippen LogP contribution in [0.4, 0.5) is 4.39 Å². The van der Waals surface area contributed by atoms with E-state index in [9.17, 15) is 18.8 Å². The minimum absolute atomic E-state index is 0.181. The Kier molecular flexibility index (Phi) is 6.23. The first-order chi connectivity index (χ1) is 16.9. The van der Waals surface area contributed by atoms with Gasteiger partial charge in [-0.05, 0) is 66.1 Å². The molecule has 1 aliphatic rings. The Morgan fingerprint density at radius 2 is 1.74 bits per heavy atom. The zero-order valence-electron chi connectivity index (χ0n) is 18.2. The van der Waals surface area contributed by atoms with Crippen molar-refractivity contribution in [1.82, 2.24) is 15.2 Å². The highest BCUT2D eigenvalue weighted by Gasteiger charge is 2.36. The van der Waals surface area contributed by atoms with E-state index in [0.29, 0.717) is 31.6 Å². The molecule has 1 aliphatic carbocycles. The number of amides is 2.